The first kappa shape index (κ1) is 21.0. The van der Waals surface area contributed by atoms with E-state index in [9.17, 15) is 0 Å². The van der Waals surface area contributed by atoms with Crippen LogP contribution in [0.3, 0.4) is 0 Å². The molecule has 1 aromatic carbocycles. The number of methoxy groups -OCH3 is 3. The first-order valence-corrected chi connectivity index (χ1v) is 11.1. The summed E-state index contributed by atoms with van der Waals surface area (Å²) in [5.41, 5.74) is 3.23. The summed E-state index contributed by atoms with van der Waals surface area (Å²) in [5, 5.41) is 0. The molecule has 4 rings (SSSR count). The van der Waals surface area contributed by atoms with E-state index in [1.54, 1.807) is 21.3 Å². The van der Waals surface area contributed by atoms with Crippen molar-refractivity contribution in [3.8, 4) is 11.5 Å². The van der Waals surface area contributed by atoms with Crippen LogP contribution in [0.4, 0.5) is 0 Å². The van der Waals surface area contributed by atoms with Crippen molar-refractivity contribution in [3.63, 3.8) is 0 Å². The summed E-state index contributed by atoms with van der Waals surface area (Å²) in [6.07, 6.45) is 8.86. The van der Waals surface area contributed by atoms with Gasteiger partial charge in [-0.1, -0.05) is 6.92 Å². The van der Waals surface area contributed by atoms with E-state index in [0.29, 0.717) is 24.2 Å². The van der Waals surface area contributed by atoms with Gasteiger partial charge in [0.2, 0.25) is 0 Å². The van der Waals surface area contributed by atoms with Crippen LogP contribution >= 0.6 is 0 Å². The Hall–Kier alpha value is -1.30. The number of ether oxygens (including phenoxy) is 5. The fourth-order valence-electron chi connectivity index (χ4n) is 6.80. The zero-order valence-corrected chi connectivity index (χ0v) is 18.4. The predicted octanol–water partition coefficient (Wildman–Crippen LogP) is 4.91. The zero-order chi connectivity index (χ0) is 20.4. The minimum absolute atomic E-state index is 0.241. The predicted molar refractivity (Wildman–Crippen MR) is 111 cm³/mol. The molecule has 5 heteroatoms. The minimum Gasteiger partial charge on any atom is -0.493 e. The quantitative estimate of drug-likeness (QED) is 0.576. The van der Waals surface area contributed by atoms with Crippen LogP contribution in [0.2, 0.25) is 0 Å². The summed E-state index contributed by atoms with van der Waals surface area (Å²) in [5.74, 6) is 3.72. The first-order chi connectivity index (χ1) is 14.2. The number of hydrogen-bond donors (Lipinski definition) is 0. The van der Waals surface area contributed by atoms with E-state index in [1.165, 1.54) is 49.7 Å². The zero-order valence-electron chi connectivity index (χ0n) is 18.4. The van der Waals surface area contributed by atoms with E-state index < -0.39 is 0 Å². The second-order valence-corrected chi connectivity index (χ2v) is 8.93. The van der Waals surface area contributed by atoms with Gasteiger partial charge in [0, 0.05) is 14.2 Å². The van der Waals surface area contributed by atoms with Gasteiger partial charge in [-0.15, -0.1) is 0 Å². The van der Waals surface area contributed by atoms with E-state index in [1.807, 2.05) is 0 Å². The van der Waals surface area contributed by atoms with Crippen molar-refractivity contribution in [1.82, 2.24) is 0 Å². The van der Waals surface area contributed by atoms with Gasteiger partial charge in [0.05, 0.1) is 13.2 Å². The Bertz CT molecular complexity index is 705. The second kappa shape index (κ2) is 8.83. The molecule has 5 atom stereocenters. The first-order valence-electron chi connectivity index (χ1n) is 11.1. The van der Waals surface area contributed by atoms with Gasteiger partial charge in [-0.25, -0.2) is 0 Å². The molecular formula is C24H36O5. The third-order valence-electron chi connectivity index (χ3n) is 8.02. The largest absolute Gasteiger partial charge is 0.493 e. The van der Waals surface area contributed by atoms with Gasteiger partial charge < -0.3 is 23.7 Å². The lowest BCUT2D eigenvalue weighted by Gasteiger charge is -2.52. The van der Waals surface area contributed by atoms with Crippen molar-refractivity contribution in [1.29, 1.82) is 0 Å². The molecule has 0 aliphatic heterocycles. The molecule has 2 saturated carbocycles. The molecule has 0 spiro atoms. The monoisotopic (exact) mass is 404 g/mol. The molecule has 2 fully saturated rings. The summed E-state index contributed by atoms with van der Waals surface area (Å²) in [6, 6.07) is 4.42. The van der Waals surface area contributed by atoms with E-state index in [0.717, 1.165) is 29.8 Å². The average molecular weight is 405 g/mol. The molecule has 0 heterocycles. The number of aryl methyl sites for hydroxylation is 1. The molecule has 0 unspecified atom stereocenters. The lowest BCUT2D eigenvalue weighted by atomic mass is 9.54. The van der Waals surface area contributed by atoms with Crippen molar-refractivity contribution in [3.05, 3.63) is 23.3 Å². The van der Waals surface area contributed by atoms with E-state index in [-0.39, 0.29) is 6.79 Å². The Morgan fingerprint density at radius 2 is 1.79 bits per heavy atom. The smallest absolute Gasteiger partial charge is 0.188 e. The highest BCUT2D eigenvalue weighted by atomic mass is 16.7. The Morgan fingerprint density at radius 3 is 2.52 bits per heavy atom. The topological polar surface area (TPSA) is 46.2 Å². The van der Waals surface area contributed by atoms with E-state index in [2.05, 4.69) is 19.1 Å². The number of hydrogen-bond acceptors (Lipinski definition) is 5. The van der Waals surface area contributed by atoms with Gasteiger partial charge in [0.25, 0.3) is 0 Å². The van der Waals surface area contributed by atoms with Crippen LogP contribution in [0.5, 0.6) is 11.5 Å². The van der Waals surface area contributed by atoms with Crippen molar-refractivity contribution in [2.45, 2.75) is 63.9 Å². The maximum atomic E-state index is 6.18. The highest BCUT2D eigenvalue weighted by Gasteiger charge is 2.56. The number of benzene rings is 1. The third-order valence-corrected chi connectivity index (χ3v) is 8.02. The number of rotatable bonds is 8. The van der Waals surface area contributed by atoms with E-state index >= 15 is 0 Å². The van der Waals surface area contributed by atoms with Crippen LogP contribution in [-0.4, -0.2) is 41.0 Å². The van der Waals surface area contributed by atoms with Crippen molar-refractivity contribution in [2.75, 3.05) is 34.9 Å². The summed E-state index contributed by atoms with van der Waals surface area (Å²) in [4.78, 5) is 0. The van der Waals surface area contributed by atoms with E-state index in [4.69, 9.17) is 23.7 Å². The highest BCUT2D eigenvalue weighted by Crippen LogP contribution is 2.63. The third kappa shape index (κ3) is 3.55. The Morgan fingerprint density at radius 1 is 0.966 bits per heavy atom. The second-order valence-electron chi connectivity index (χ2n) is 8.93. The van der Waals surface area contributed by atoms with Crippen LogP contribution in [0, 0.1) is 17.3 Å². The fraction of sp³-hybridized carbons (Fsp3) is 0.750. The molecule has 0 aromatic heterocycles. The van der Waals surface area contributed by atoms with Crippen molar-refractivity contribution >= 4 is 0 Å². The summed E-state index contributed by atoms with van der Waals surface area (Å²) >= 11 is 0. The van der Waals surface area contributed by atoms with Crippen LogP contribution in [0.1, 0.15) is 62.5 Å². The molecule has 5 nitrogen and oxygen atoms in total. The molecule has 0 saturated heterocycles. The normalized spacial score (nSPS) is 33.0. The molecule has 0 bridgehead atoms. The Labute approximate surface area is 175 Å². The lowest BCUT2D eigenvalue weighted by Crippen LogP contribution is -2.46. The summed E-state index contributed by atoms with van der Waals surface area (Å²) in [6.45, 7) is 3.02. The van der Waals surface area contributed by atoms with Gasteiger partial charge in [0.15, 0.2) is 18.3 Å². The van der Waals surface area contributed by atoms with Crippen molar-refractivity contribution < 1.29 is 23.7 Å². The Kier molecular flexibility index (Phi) is 6.38. The maximum Gasteiger partial charge on any atom is 0.188 e. The molecule has 0 radical (unpaired) electrons. The van der Waals surface area contributed by atoms with Gasteiger partial charge in [-0.05, 0) is 91.4 Å². The molecule has 162 valence electrons. The van der Waals surface area contributed by atoms with Gasteiger partial charge in [-0.2, -0.15) is 0 Å². The molecular weight excluding hydrogens is 368 g/mol. The fourth-order valence-corrected chi connectivity index (χ4v) is 6.80. The minimum atomic E-state index is 0.241. The molecule has 0 amide bonds. The van der Waals surface area contributed by atoms with Crippen LogP contribution in [0.25, 0.3) is 0 Å². The van der Waals surface area contributed by atoms with Crippen LogP contribution in [0.15, 0.2) is 12.1 Å². The molecule has 1 aromatic rings. The molecule has 29 heavy (non-hydrogen) atoms. The Balaban J connectivity index is 1.61. The SMILES string of the molecule is CC[C@]12CC[C@@H]3c4cc(OC)c(OCOC)cc4CC[C@H]3[C@@H]1CC[C@@H]2OCOC. The summed E-state index contributed by atoms with van der Waals surface area (Å²) < 4.78 is 27.9. The van der Waals surface area contributed by atoms with Crippen LogP contribution in [-0.2, 0) is 20.6 Å². The molecule has 3 aliphatic rings. The molecule has 3 aliphatic carbocycles. The van der Waals surface area contributed by atoms with Gasteiger partial charge in [-0.3, -0.25) is 0 Å². The highest BCUT2D eigenvalue weighted by molar-refractivity contribution is 5.50. The van der Waals surface area contributed by atoms with Crippen LogP contribution < -0.4 is 9.47 Å². The number of fused-ring (bicyclic) bond motifs is 5. The summed E-state index contributed by atoms with van der Waals surface area (Å²) in [7, 11) is 5.08. The maximum absolute atomic E-state index is 6.18. The average Bonchev–Trinajstić information content (AvgIpc) is 3.14. The van der Waals surface area contributed by atoms with Gasteiger partial charge in [0.1, 0.15) is 6.79 Å². The van der Waals surface area contributed by atoms with Crippen molar-refractivity contribution in [2.24, 2.45) is 17.3 Å². The standard InChI is InChI=1S/C24H36O5/c1-5-24-11-10-17-18(20(24)8-9-23(24)29-15-26-3)7-6-16-12-22(28-14-25-2)21(27-4)13-19(16)17/h12-13,17-18,20,23H,5-11,14-15H2,1-4H3/t17-,18+,20-,23-,24-/m0/s1. The lowest BCUT2D eigenvalue weighted by molar-refractivity contribution is -0.132. The van der Waals surface area contributed by atoms with Gasteiger partial charge >= 0.3 is 0 Å². The molecule has 0 N–H and O–H groups in total.